The first-order valence-corrected chi connectivity index (χ1v) is 9.88. The molecule has 0 N–H and O–H groups in total. The Morgan fingerprint density at radius 3 is 1.92 bits per heavy atom. The summed E-state index contributed by atoms with van der Waals surface area (Å²) in [5.74, 6) is 0. The molecule has 0 bridgehead atoms. The summed E-state index contributed by atoms with van der Waals surface area (Å²) in [6.45, 7) is 11.9. The maximum Gasteiger partial charge on any atom is 0.101 e. The van der Waals surface area contributed by atoms with Gasteiger partial charge >= 0.3 is 0 Å². The van der Waals surface area contributed by atoms with Crippen molar-refractivity contribution >= 4 is 25.8 Å². The van der Waals surface area contributed by atoms with Crippen LogP contribution in [0.5, 0.6) is 0 Å². The molecule has 1 aromatic carbocycles. The van der Waals surface area contributed by atoms with Crippen molar-refractivity contribution in [2.24, 2.45) is 0 Å². The molecule has 0 aliphatic heterocycles. The average Bonchev–Trinajstić information content (AvgIpc) is 2.03. The molecule has 0 spiro atoms. The lowest BCUT2D eigenvalue weighted by Gasteiger charge is -2.18. The predicted octanol–water partition coefficient (Wildman–Crippen LogP) is 2.59. The number of rotatable bonds is 2. The normalized spacial score (nSPS) is 12.2. The Labute approximate surface area is 83.8 Å². The van der Waals surface area contributed by atoms with Crippen molar-refractivity contribution < 1.29 is 0 Å². The lowest BCUT2D eigenvalue weighted by atomic mass is 10.4. The van der Waals surface area contributed by atoms with Crippen molar-refractivity contribution in [2.75, 3.05) is 33.3 Å². The summed E-state index contributed by atoms with van der Waals surface area (Å²) >= 11 is 0. The Balaban J connectivity index is 3.20. The molecule has 0 unspecified atom stereocenters. The second-order valence-corrected chi connectivity index (χ2v) is 11.2. The summed E-state index contributed by atoms with van der Waals surface area (Å²) in [6.07, 6.45) is 0. The molecule has 72 valence electrons. The van der Waals surface area contributed by atoms with Crippen LogP contribution in [0.25, 0.3) is 0 Å². The summed E-state index contributed by atoms with van der Waals surface area (Å²) in [5.41, 5.74) is 0. The minimum Gasteiger partial charge on any atom is -0.0774 e. The first-order chi connectivity index (χ1) is 5.93. The molecule has 1 rings (SSSR count). The first-order valence-electron chi connectivity index (χ1n) is 4.51. The second kappa shape index (κ2) is 4.07. The van der Waals surface area contributed by atoms with Crippen molar-refractivity contribution in [3.63, 3.8) is 0 Å². The van der Waals surface area contributed by atoms with Gasteiger partial charge in [0.1, 0.15) is 5.30 Å². The fourth-order valence-electron chi connectivity index (χ4n) is 1.41. The molecule has 1 aromatic rings. The van der Waals surface area contributed by atoms with Gasteiger partial charge in [-0.2, -0.15) is 0 Å². The van der Waals surface area contributed by atoms with E-state index in [4.69, 9.17) is 0 Å². The standard InChI is InChI=1S/C11H19P2/c1-12(2)10-8-6-7-9-11(10)13(3,4)5/h6-9H,1-5H3/q+1. The molecule has 2 heteroatoms. The van der Waals surface area contributed by atoms with Crippen LogP contribution in [0.1, 0.15) is 0 Å². The molecule has 0 saturated heterocycles. The molecule has 0 aliphatic rings. The third kappa shape index (κ3) is 2.76. The van der Waals surface area contributed by atoms with Gasteiger partial charge in [-0.25, -0.2) is 0 Å². The zero-order chi connectivity index (χ0) is 10.1. The van der Waals surface area contributed by atoms with Crippen LogP contribution in [0.4, 0.5) is 0 Å². The minimum atomic E-state index is -0.843. The molecule has 0 radical (unpaired) electrons. The van der Waals surface area contributed by atoms with E-state index in [1.165, 1.54) is 0 Å². The van der Waals surface area contributed by atoms with Gasteiger partial charge in [-0.1, -0.05) is 26.1 Å². The van der Waals surface area contributed by atoms with E-state index in [0.717, 1.165) is 0 Å². The van der Waals surface area contributed by atoms with Crippen molar-refractivity contribution in [2.45, 2.75) is 0 Å². The van der Waals surface area contributed by atoms with Gasteiger partial charge in [0.2, 0.25) is 0 Å². The smallest absolute Gasteiger partial charge is 0.0774 e. The maximum absolute atomic E-state index is 2.39. The van der Waals surface area contributed by atoms with Crippen LogP contribution in [-0.2, 0) is 0 Å². The third-order valence-electron chi connectivity index (χ3n) is 2.09. The topological polar surface area (TPSA) is 0 Å². The van der Waals surface area contributed by atoms with E-state index in [-0.39, 0.29) is 7.92 Å². The summed E-state index contributed by atoms with van der Waals surface area (Å²) in [4.78, 5) is 0. The van der Waals surface area contributed by atoms with E-state index in [1.54, 1.807) is 10.6 Å². The second-order valence-electron chi connectivity index (χ2n) is 4.40. The van der Waals surface area contributed by atoms with Crippen molar-refractivity contribution in [1.29, 1.82) is 0 Å². The highest BCUT2D eigenvalue weighted by Crippen LogP contribution is 2.46. The highest BCUT2D eigenvalue weighted by molar-refractivity contribution is 7.82. The number of hydrogen-bond acceptors (Lipinski definition) is 0. The molecular weight excluding hydrogens is 194 g/mol. The summed E-state index contributed by atoms with van der Waals surface area (Å²) in [7, 11) is -0.796. The molecule has 0 aliphatic carbocycles. The summed E-state index contributed by atoms with van der Waals surface area (Å²) in [6, 6.07) is 8.94. The van der Waals surface area contributed by atoms with E-state index in [9.17, 15) is 0 Å². The molecule has 0 heterocycles. The monoisotopic (exact) mass is 213 g/mol. The lowest BCUT2D eigenvalue weighted by Crippen LogP contribution is -2.24. The van der Waals surface area contributed by atoms with Crippen LogP contribution in [0.2, 0.25) is 0 Å². The molecule has 0 fully saturated rings. The fourth-order valence-corrected chi connectivity index (χ4v) is 5.12. The van der Waals surface area contributed by atoms with Gasteiger partial charge < -0.3 is 0 Å². The van der Waals surface area contributed by atoms with Gasteiger partial charge in [0.15, 0.2) is 0 Å². The Morgan fingerprint density at radius 2 is 1.54 bits per heavy atom. The molecule has 0 atom stereocenters. The zero-order valence-corrected chi connectivity index (χ0v) is 11.0. The third-order valence-corrected chi connectivity index (χ3v) is 5.45. The molecule has 13 heavy (non-hydrogen) atoms. The van der Waals surface area contributed by atoms with Crippen LogP contribution in [0.3, 0.4) is 0 Å². The fraction of sp³-hybridized carbons (Fsp3) is 0.455. The SMILES string of the molecule is CP(C)c1ccccc1[P+](C)(C)C. The van der Waals surface area contributed by atoms with Crippen molar-refractivity contribution in [3.05, 3.63) is 24.3 Å². The Hall–Kier alpha value is 0.0800. The zero-order valence-electron chi connectivity index (χ0n) is 9.20. The van der Waals surface area contributed by atoms with Gasteiger partial charge in [-0.05, 0) is 19.4 Å². The molecule has 0 amide bonds. The Morgan fingerprint density at radius 1 is 1.00 bits per heavy atom. The highest BCUT2D eigenvalue weighted by atomic mass is 31.2. The van der Waals surface area contributed by atoms with Crippen molar-refractivity contribution in [1.82, 2.24) is 0 Å². The van der Waals surface area contributed by atoms with Crippen LogP contribution in [-0.4, -0.2) is 33.3 Å². The van der Waals surface area contributed by atoms with E-state index in [2.05, 4.69) is 57.6 Å². The van der Waals surface area contributed by atoms with E-state index in [1.807, 2.05) is 0 Å². The summed E-state index contributed by atoms with van der Waals surface area (Å²) < 4.78 is 0. The van der Waals surface area contributed by atoms with E-state index < -0.39 is 7.26 Å². The van der Waals surface area contributed by atoms with Crippen LogP contribution in [0, 0.1) is 0 Å². The molecule has 0 nitrogen and oxygen atoms in total. The summed E-state index contributed by atoms with van der Waals surface area (Å²) in [5, 5.41) is 3.21. The Bertz CT molecular complexity index is 284. The highest BCUT2D eigenvalue weighted by Gasteiger charge is 2.25. The van der Waals surface area contributed by atoms with Crippen molar-refractivity contribution in [3.8, 4) is 0 Å². The quantitative estimate of drug-likeness (QED) is 0.662. The molecule has 0 saturated carbocycles. The van der Waals surface area contributed by atoms with Crippen LogP contribution >= 0.6 is 15.2 Å². The van der Waals surface area contributed by atoms with Gasteiger partial charge in [-0.15, -0.1) is 0 Å². The largest absolute Gasteiger partial charge is 0.101 e. The van der Waals surface area contributed by atoms with E-state index in [0.29, 0.717) is 0 Å². The lowest BCUT2D eigenvalue weighted by molar-refractivity contribution is 1.79. The Kier molecular flexibility index (Phi) is 3.50. The van der Waals surface area contributed by atoms with Crippen LogP contribution in [0.15, 0.2) is 24.3 Å². The number of benzene rings is 1. The van der Waals surface area contributed by atoms with Gasteiger partial charge in [-0.3, -0.25) is 0 Å². The minimum absolute atomic E-state index is 0.0471. The maximum atomic E-state index is 2.39. The van der Waals surface area contributed by atoms with Gasteiger partial charge in [0.05, 0.1) is 20.0 Å². The predicted molar refractivity (Wildman–Crippen MR) is 69.2 cm³/mol. The van der Waals surface area contributed by atoms with E-state index >= 15 is 0 Å². The molecule has 0 aromatic heterocycles. The molecular formula is C11H19P2+. The van der Waals surface area contributed by atoms with Gasteiger partial charge in [0.25, 0.3) is 0 Å². The number of hydrogen-bond donors (Lipinski definition) is 0. The first kappa shape index (κ1) is 11.2. The van der Waals surface area contributed by atoms with Gasteiger partial charge in [0, 0.05) is 12.6 Å². The average molecular weight is 213 g/mol. The van der Waals surface area contributed by atoms with Crippen LogP contribution < -0.4 is 10.6 Å².